The van der Waals surface area contributed by atoms with E-state index in [-0.39, 0.29) is 12.4 Å². The molecule has 0 fully saturated rings. The first-order valence-electron chi connectivity index (χ1n) is 2.37. The number of hydrogen-bond acceptors (Lipinski definition) is 2. The Labute approximate surface area is 75.0 Å². The van der Waals surface area contributed by atoms with Crippen LogP contribution in [0.5, 0.6) is 0 Å². The topological polar surface area (TPSA) is 25.8 Å². The van der Waals surface area contributed by atoms with Gasteiger partial charge in [-0.3, -0.25) is 0 Å². The van der Waals surface area contributed by atoms with E-state index in [0.717, 1.165) is 5.69 Å². The van der Waals surface area contributed by atoms with Gasteiger partial charge in [-0.2, -0.15) is 5.10 Å². The smallest absolute Gasteiger partial charge is 0.151 e. The highest BCUT2D eigenvalue weighted by atomic mass is 35.5. The minimum Gasteiger partial charge on any atom is -0.153 e. The SMILES string of the molecule is Cl.ClCc1ccc(Cl)nn1. The summed E-state index contributed by atoms with van der Waals surface area (Å²) in [5.74, 6) is 0.379. The molecular formula is C5H5Cl3N2. The molecule has 0 spiro atoms. The van der Waals surface area contributed by atoms with Crippen LogP contribution in [0.15, 0.2) is 12.1 Å². The normalized spacial score (nSPS) is 8.60. The number of alkyl halides is 1. The molecule has 0 saturated carbocycles. The fourth-order valence-electron chi connectivity index (χ4n) is 0.415. The second-order valence-corrected chi connectivity index (χ2v) is 2.14. The van der Waals surface area contributed by atoms with Crippen LogP contribution in [0.1, 0.15) is 5.69 Å². The van der Waals surface area contributed by atoms with Crippen molar-refractivity contribution in [3.8, 4) is 0 Å². The molecule has 0 N–H and O–H groups in total. The molecule has 0 aliphatic heterocycles. The molecule has 1 rings (SSSR count). The Morgan fingerprint density at radius 1 is 1.30 bits per heavy atom. The van der Waals surface area contributed by atoms with E-state index >= 15 is 0 Å². The Morgan fingerprint density at radius 2 is 2.00 bits per heavy atom. The van der Waals surface area contributed by atoms with E-state index in [9.17, 15) is 0 Å². The Bertz CT molecular complexity index is 187. The number of aromatic nitrogens is 2. The number of rotatable bonds is 1. The van der Waals surface area contributed by atoms with Crippen molar-refractivity contribution in [2.24, 2.45) is 0 Å². The van der Waals surface area contributed by atoms with Gasteiger partial charge in [0.05, 0.1) is 11.6 Å². The largest absolute Gasteiger partial charge is 0.153 e. The number of nitrogens with zero attached hydrogens (tertiary/aromatic N) is 2. The van der Waals surface area contributed by atoms with E-state index in [0.29, 0.717) is 11.0 Å². The number of halogens is 3. The summed E-state index contributed by atoms with van der Waals surface area (Å²) < 4.78 is 0. The zero-order valence-corrected chi connectivity index (χ0v) is 7.25. The van der Waals surface area contributed by atoms with Crippen LogP contribution in [-0.2, 0) is 5.88 Å². The fraction of sp³-hybridized carbons (Fsp3) is 0.200. The lowest BCUT2D eigenvalue weighted by molar-refractivity contribution is 0.969. The predicted octanol–water partition coefficient (Wildman–Crippen LogP) is 2.29. The maximum atomic E-state index is 5.45. The fourth-order valence-corrected chi connectivity index (χ4v) is 0.658. The monoisotopic (exact) mass is 198 g/mol. The van der Waals surface area contributed by atoms with Gasteiger partial charge in [0.25, 0.3) is 0 Å². The summed E-state index contributed by atoms with van der Waals surface area (Å²) in [7, 11) is 0. The van der Waals surface area contributed by atoms with Crippen LogP contribution in [-0.4, -0.2) is 10.2 Å². The maximum absolute atomic E-state index is 5.45. The lowest BCUT2D eigenvalue weighted by Gasteiger charge is -1.89. The third-order valence-corrected chi connectivity index (χ3v) is 1.30. The molecule has 0 unspecified atom stereocenters. The summed E-state index contributed by atoms with van der Waals surface area (Å²) >= 11 is 10.9. The van der Waals surface area contributed by atoms with Crippen molar-refractivity contribution in [3.05, 3.63) is 23.0 Å². The number of hydrogen-bond donors (Lipinski definition) is 0. The van der Waals surface area contributed by atoms with E-state index < -0.39 is 0 Å². The minimum atomic E-state index is 0. The Hall–Kier alpha value is -0.0500. The molecule has 10 heavy (non-hydrogen) atoms. The van der Waals surface area contributed by atoms with E-state index in [2.05, 4.69) is 10.2 Å². The van der Waals surface area contributed by atoms with Crippen molar-refractivity contribution in [1.82, 2.24) is 10.2 Å². The quantitative estimate of drug-likeness (QED) is 0.649. The van der Waals surface area contributed by atoms with E-state index in [1.54, 1.807) is 12.1 Å². The molecule has 0 bridgehead atoms. The van der Waals surface area contributed by atoms with Gasteiger partial charge in [-0.05, 0) is 12.1 Å². The molecule has 0 saturated heterocycles. The van der Waals surface area contributed by atoms with Gasteiger partial charge in [0.15, 0.2) is 5.15 Å². The van der Waals surface area contributed by atoms with Crippen LogP contribution in [0.4, 0.5) is 0 Å². The second kappa shape index (κ2) is 4.72. The zero-order valence-electron chi connectivity index (χ0n) is 4.92. The van der Waals surface area contributed by atoms with Gasteiger partial charge in [-0.1, -0.05) is 11.6 Å². The van der Waals surface area contributed by atoms with Gasteiger partial charge < -0.3 is 0 Å². The summed E-state index contributed by atoms with van der Waals surface area (Å²) in [6.45, 7) is 0. The first-order valence-corrected chi connectivity index (χ1v) is 3.28. The summed E-state index contributed by atoms with van der Waals surface area (Å²) in [5, 5.41) is 7.66. The lowest BCUT2D eigenvalue weighted by atomic mass is 10.4. The molecule has 1 heterocycles. The van der Waals surface area contributed by atoms with Gasteiger partial charge in [0.1, 0.15) is 0 Å². The van der Waals surface area contributed by atoms with Crippen molar-refractivity contribution in [2.45, 2.75) is 5.88 Å². The molecule has 1 aromatic rings. The molecule has 0 radical (unpaired) electrons. The van der Waals surface area contributed by atoms with Crippen LogP contribution < -0.4 is 0 Å². The van der Waals surface area contributed by atoms with E-state index in [1.807, 2.05) is 0 Å². The summed E-state index contributed by atoms with van der Waals surface area (Å²) in [4.78, 5) is 0. The summed E-state index contributed by atoms with van der Waals surface area (Å²) in [5.41, 5.74) is 0.737. The maximum Gasteiger partial charge on any atom is 0.151 e. The Morgan fingerprint density at radius 3 is 2.40 bits per heavy atom. The standard InChI is InChI=1S/C5H4Cl2N2.ClH/c6-3-4-1-2-5(7)9-8-4;/h1-2H,3H2;1H. The van der Waals surface area contributed by atoms with Crippen LogP contribution >= 0.6 is 35.6 Å². The highest BCUT2D eigenvalue weighted by Crippen LogP contribution is 2.03. The Balaban J connectivity index is 0.000000810. The first-order chi connectivity index (χ1) is 4.33. The van der Waals surface area contributed by atoms with Crippen molar-refractivity contribution >= 4 is 35.6 Å². The average molecular weight is 199 g/mol. The molecule has 0 atom stereocenters. The van der Waals surface area contributed by atoms with Crippen LogP contribution in [0, 0.1) is 0 Å². The van der Waals surface area contributed by atoms with Gasteiger partial charge >= 0.3 is 0 Å². The molecule has 0 aromatic carbocycles. The lowest BCUT2D eigenvalue weighted by Crippen LogP contribution is -1.87. The highest BCUT2D eigenvalue weighted by Gasteiger charge is 1.90. The van der Waals surface area contributed by atoms with E-state index in [1.165, 1.54) is 0 Å². The second-order valence-electron chi connectivity index (χ2n) is 1.48. The minimum absolute atomic E-state index is 0. The molecule has 2 nitrogen and oxygen atoms in total. The Kier molecular flexibility index (Phi) is 4.69. The van der Waals surface area contributed by atoms with Crippen molar-refractivity contribution in [3.63, 3.8) is 0 Å². The van der Waals surface area contributed by atoms with Gasteiger partial charge in [-0.15, -0.1) is 29.1 Å². The van der Waals surface area contributed by atoms with Crippen LogP contribution in [0.3, 0.4) is 0 Å². The van der Waals surface area contributed by atoms with Gasteiger partial charge in [-0.25, -0.2) is 0 Å². The molecule has 0 aliphatic rings. The highest BCUT2D eigenvalue weighted by molar-refractivity contribution is 6.29. The van der Waals surface area contributed by atoms with Crippen molar-refractivity contribution < 1.29 is 0 Å². The van der Waals surface area contributed by atoms with Crippen LogP contribution in [0.25, 0.3) is 0 Å². The van der Waals surface area contributed by atoms with Gasteiger partial charge in [0, 0.05) is 0 Å². The zero-order chi connectivity index (χ0) is 6.69. The molecule has 0 amide bonds. The average Bonchev–Trinajstić information content (AvgIpc) is 1.90. The molecule has 1 aromatic heterocycles. The van der Waals surface area contributed by atoms with E-state index in [4.69, 9.17) is 23.2 Å². The first kappa shape index (κ1) is 9.95. The molecule has 56 valence electrons. The molecule has 5 heteroatoms. The summed E-state index contributed by atoms with van der Waals surface area (Å²) in [6, 6.07) is 3.40. The molecule has 0 aliphatic carbocycles. The van der Waals surface area contributed by atoms with Crippen LogP contribution in [0.2, 0.25) is 5.15 Å². The van der Waals surface area contributed by atoms with Crippen molar-refractivity contribution in [2.75, 3.05) is 0 Å². The summed E-state index contributed by atoms with van der Waals surface area (Å²) in [6.07, 6.45) is 0. The van der Waals surface area contributed by atoms with Gasteiger partial charge in [0.2, 0.25) is 0 Å². The van der Waals surface area contributed by atoms with Crippen molar-refractivity contribution in [1.29, 1.82) is 0 Å². The third kappa shape index (κ3) is 2.69. The predicted molar refractivity (Wildman–Crippen MR) is 43.8 cm³/mol. The third-order valence-electron chi connectivity index (χ3n) is 0.824. The molecular weight excluding hydrogens is 194 g/mol.